The summed E-state index contributed by atoms with van der Waals surface area (Å²) in [5, 5.41) is 7.61. The normalized spacial score (nSPS) is 18.0. The lowest BCUT2D eigenvalue weighted by Crippen LogP contribution is -2.14. The highest BCUT2D eigenvalue weighted by Crippen LogP contribution is 2.29. The molecule has 6 heteroatoms. The van der Waals surface area contributed by atoms with Crippen molar-refractivity contribution in [3.8, 4) is 17.1 Å². The summed E-state index contributed by atoms with van der Waals surface area (Å²) in [5.74, 6) is 0.503. The molecule has 1 atom stereocenters. The highest BCUT2D eigenvalue weighted by molar-refractivity contribution is 5.68. The van der Waals surface area contributed by atoms with Crippen LogP contribution in [-0.2, 0) is 0 Å². The van der Waals surface area contributed by atoms with Gasteiger partial charge in [0.05, 0.1) is 5.69 Å². The number of hydrogen-bond donors (Lipinski definition) is 1. The van der Waals surface area contributed by atoms with Gasteiger partial charge >= 0.3 is 0 Å². The molecule has 3 heterocycles. The van der Waals surface area contributed by atoms with Gasteiger partial charge in [-0.3, -0.25) is 0 Å². The van der Waals surface area contributed by atoms with E-state index in [1.54, 1.807) is 23.1 Å². The lowest BCUT2D eigenvalue weighted by Gasteiger charge is -2.16. The number of imidazole rings is 1. The maximum Gasteiger partial charge on any atom is 0.142 e. The first-order valence-electron chi connectivity index (χ1n) is 7.36. The van der Waals surface area contributed by atoms with E-state index in [1.807, 2.05) is 18.5 Å². The Morgan fingerprint density at radius 3 is 2.95 bits per heavy atom. The molecule has 0 saturated carbocycles. The van der Waals surface area contributed by atoms with Crippen LogP contribution in [0.2, 0.25) is 0 Å². The molecular formula is C16H16FN5. The van der Waals surface area contributed by atoms with E-state index in [2.05, 4.69) is 20.0 Å². The second-order valence-electron chi connectivity index (χ2n) is 5.42. The second kappa shape index (κ2) is 5.38. The van der Waals surface area contributed by atoms with Crippen molar-refractivity contribution in [2.24, 2.45) is 0 Å². The van der Waals surface area contributed by atoms with Gasteiger partial charge in [0.1, 0.15) is 11.6 Å². The maximum absolute atomic E-state index is 13.8. The summed E-state index contributed by atoms with van der Waals surface area (Å²) in [4.78, 5) is 4.47. The van der Waals surface area contributed by atoms with Gasteiger partial charge in [-0.15, -0.1) is 0 Å². The van der Waals surface area contributed by atoms with E-state index in [-0.39, 0.29) is 5.82 Å². The van der Waals surface area contributed by atoms with Crippen molar-refractivity contribution in [2.75, 3.05) is 13.1 Å². The Bertz CT molecular complexity index is 772. The molecule has 3 aromatic rings. The van der Waals surface area contributed by atoms with Crippen molar-refractivity contribution in [3.05, 3.63) is 54.9 Å². The molecule has 1 aromatic carbocycles. The molecule has 1 saturated heterocycles. The molecule has 2 aromatic heterocycles. The molecule has 1 N–H and O–H groups in total. The fraction of sp³-hybridized carbons (Fsp3) is 0.250. The first-order chi connectivity index (χ1) is 10.8. The van der Waals surface area contributed by atoms with Crippen molar-refractivity contribution < 1.29 is 4.39 Å². The number of benzene rings is 1. The third-order valence-corrected chi connectivity index (χ3v) is 4.05. The van der Waals surface area contributed by atoms with Crippen LogP contribution < -0.4 is 5.32 Å². The van der Waals surface area contributed by atoms with Crippen LogP contribution in [0.25, 0.3) is 17.1 Å². The van der Waals surface area contributed by atoms with Crippen LogP contribution in [0.5, 0.6) is 0 Å². The van der Waals surface area contributed by atoms with E-state index in [9.17, 15) is 4.39 Å². The van der Waals surface area contributed by atoms with Gasteiger partial charge in [-0.1, -0.05) is 0 Å². The van der Waals surface area contributed by atoms with Gasteiger partial charge in [-0.25, -0.2) is 14.1 Å². The number of hydrogen-bond acceptors (Lipinski definition) is 3. The van der Waals surface area contributed by atoms with Crippen LogP contribution in [0, 0.1) is 5.82 Å². The monoisotopic (exact) mass is 297 g/mol. The van der Waals surface area contributed by atoms with Gasteiger partial charge in [0.25, 0.3) is 0 Å². The summed E-state index contributed by atoms with van der Waals surface area (Å²) in [6.07, 6.45) is 8.34. The van der Waals surface area contributed by atoms with Gasteiger partial charge < -0.3 is 9.88 Å². The molecule has 1 fully saturated rings. The highest BCUT2D eigenvalue weighted by atomic mass is 19.1. The SMILES string of the molecule is Fc1ccc(-n2cccn2)c(-c2nccn2[C@@H]2CCNC2)c1. The predicted octanol–water partition coefficient (Wildman–Crippen LogP) is 2.41. The molecule has 4 rings (SSSR count). The van der Waals surface area contributed by atoms with Crippen LogP contribution in [0.3, 0.4) is 0 Å². The molecule has 0 unspecified atom stereocenters. The topological polar surface area (TPSA) is 47.7 Å². The number of rotatable bonds is 3. The minimum Gasteiger partial charge on any atom is -0.327 e. The first kappa shape index (κ1) is 13.2. The minimum atomic E-state index is -0.273. The summed E-state index contributed by atoms with van der Waals surface area (Å²) in [6.45, 7) is 1.91. The molecule has 5 nitrogen and oxygen atoms in total. The van der Waals surface area contributed by atoms with Gasteiger partial charge in [-0.05, 0) is 37.2 Å². The average molecular weight is 297 g/mol. The third kappa shape index (κ3) is 2.21. The van der Waals surface area contributed by atoms with Crippen molar-refractivity contribution in [3.63, 3.8) is 0 Å². The zero-order valence-electron chi connectivity index (χ0n) is 12.0. The van der Waals surface area contributed by atoms with Crippen LogP contribution in [0.15, 0.2) is 49.1 Å². The number of nitrogens with zero attached hydrogens (tertiary/aromatic N) is 4. The van der Waals surface area contributed by atoms with Gasteiger partial charge in [0, 0.05) is 42.9 Å². The Kier molecular flexibility index (Phi) is 3.23. The molecule has 1 aliphatic rings. The molecule has 0 radical (unpaired) electrons. The smallest absolute Gasteiger partial charge is 0.142 e. The summed E-state index contributed by atoms with van der Waals surface area (Å²) in [6, 6.07) is 6.92. The highest BCUT2D eigenvalue weighted by Gasteiger charge is 2.21. The number of aromatic nitrogens is 4. The van der Waals surface area contributed by atoms with Crippen molar-refractivity contribution in [1.82, 2.24) is 24.6 Å². The Morgan fingerprint density at radius 1 is 1.23 bits per heavy atom. The molecule has 22 heavy (non-hydrogen) atoms. The summed E-state index contributed by atoms with van der Waals surface area (Å²) in [7, 11) is 0. The quantitative estimate of drug-likeness (QED) is 0.807. The van der Waals surface area contributed by atoms with E-state index in [0.717, 1.165) is 36.6 Å². The molecule has 1 aliphatic heterocycles. The zero-order chi connectivity index (χ0) is 14.9. The van der Waals surface area contributed by atoms with Crippen LogP contribution in [0.1, 0.15) is 12.5 Å². The second-order valence-corrected chi connectivity index (χ2v) is 5.42. The number of halogens is 1. The van der Waals surface area contributed by atoms with Gasteiger partial charge in [-0.2, -0.15) is 5.10 Å². The molecule has 112 valence electrons. The summed E-state index contributed by atoms with van der Waals surface area (Å²) >= 11 is 0. The van der Waals surface area contributed by atoms with E-state index in [1.165, 1.54) is 12.1 Å². The average Bonchev–Trinajstić information content (AvgIpc) is 3.27. The predicted molar refractivity (Wildman–Crippen MR) is 81.3 cm³/mol. The van der Waals surface area contributed by atoms with Crippen LogP contribution >= 0.6 is 0 Å². The number of nitrogens with one attached hydrogen (secondary N) is 1. The summed E-state index contributed by atoms with van der Waals surface area (Å²) in [5.41, 5.74) is 1.57. The van der Waals surface area contributed by atoms with Gasteiger partial charge in [0.2, 0.25) is 0 Å². The lowest BCUT2D eigenvalue weighted by molar-refractivity contribution is 0.551. The lowest BCUT2D eigenvalue weighted by atomic mass is 10.1. The fourth-order valence-electron chi connectivity index (χ4n) is 2.99. The fourth-order valence-corrected chi connectivity index (χ4v) is 2.99. The zero-order valence-corrected chi connectivity index (χ0v) is 12.0. The van der Waals surface area contributed by atoms with E-state index >= 15 is 0 Å². The van der Waals surface area contributed by atoms with Crippen molar-refractivity contribution >= 4 is 0 Å². The Labute approximate surface area is 127 Å². The molecule has 0 amide bonds. The first-order valence-corrected chi connectivity index (χ1v) is 7.36. The van der Waals surface area contributed by atoms with E-state index in [0.29, 0.717) is 6.04 Å². The van der Waals surface area contributed by atoms with E-state index < -0.39 is 0 Å². The minimum absolute atomic E-state index is 0.273. The Balaban J connectivity index is 1.86. The Morgan fingerprint density at radius 2 is 2.18 bits per heavy atom. The van der Waals surface area contributed by atoms with Crippen molar-refractivity contribution in [2.45, 2.75) is 12.5 Å². The molecule has 0 bridgehead atoms. The van der Waals surface area contributed by atoms with Crippen molar-refractivity contribution in [1.29, 1.82) is 0 Å². The maximum atomic E-state index is 13.8. The van der Waals surface area contributed by atoms with Crippen LogP contribution in [0.4, 0.5) is 4.39 Å². The Hall–Kier alpha value is -2.47. The standard InChI is InChI=1S/C16H16FN5/c17-12-2-3-15(22-8-1-5-20-22)14(10-12)16-19-7-9-21(16)13-4-6-18-11-13/h1-3,5,7-10,13,18H,4,6,11H2/t13-/m1/s1. The third-order valence-electron chi connectivity index (χ3n) is 4.05. The van der Waals surface area contributed by atoms with Gasteiger partial charge in [0.15, 0.2) is 0 Å². The molecule has 0 spiro atoms. The van der Waals surface area contributed by atoms with E-state index in [4.69, 9.17) is 0 Å². The summed E-state index contributed by atoms with van der Waals surface area (Å²) < 4.78 is 17.7. The molecular weight excluding hydrogens is 281 g/mol. The largest absolute Gasteiger partial charge is 0.327 e. The molecule has 0 aliphatic carbocycles. The van der Waals surface area contributed by atoms with Crippen LogP contribution in [-0.4, -0.2) is 32.4 Å².